The molecule has 1 fully saturated rings. The van der Waals surface area contributed by atoms with E-state index in [-0.39, 0.29) is 37.2 Å². The Kier molecular flexibility index (Phi) is 8.28. The van der Waals surface area contributed by atoms with E-state index in [1.165, 1.54) is 17.0 Å². The largest absolute Gasteiger partial charge is 0.481 e. The van der Waals surface area contributed by atoms with E-state index in [9.17, 15) is 27.9 Å². The number of benzene rings is 3. The number of carboxylic acid groups (broad SMARTS) is 1. The SMILES string of the molecule is N#Cc1ccc(C[C@H](N)C(=O)NC(C(=O)N2CCC(C(=O)O)CC2)S(=O)(=O)c2ccc3ccccc3c2)cc1. The number of carbonyl (C=O) groups is 3. The summed E-state index contributed by atoms with van der Waals surface area (Å²) in [4.78, 5) is 39.1. The number of carbonyl (C=O) groups excluding carboxylic acids is 2. The summed E-state index contributed by atoms with van der Waals surface area (Å²) in [5, 5.41) is 20.1. The van der Waals surface area contributed by atoms with Crippen LogP contribution in [0.4, 0.5) is 0 Å². The van der Waals surface area contributed by atoms with Crippen LogP contribution in [0.2, 0.25) is 0 Å². The summed E-state index contributed by atoms with van der Waals surface area (Å²) in [7, 11) is -4.41. The molecule has 1 aliphatic rings. The number of likely N-dealkylation sites (tertiary alicyclic amines) is 1. The third-order valence-electron chi connectivity index (χ3n) is 6.89. The summed E-state index contributed by atoms with van der Waals surface area (Å²) in [5.74, 6) is -3.27. The number of aliphatic carboxylic acids is 1. The molecule has 2 amide bonds. The molecule has 0 saturated carbocycles. The first-order valence-corrected chi connectivity index (χ1v) is 13.9. The van der Waals surface area contributed by atoms with E-state index in [0.29, 0.717) is 16.5 Å². The van der Waals surface area contributed by atoms with E-state index >= 15 is 0 Å². The lowest BCUT2D eigenvalue weighted by Gasteiger charge is -2.33. The molecule has 0 spiro atoms. The maximum Gasteiger partial charge on any atom is 0.306 e. The van der Waals surface area contributed by atoms with Crippen LogP contribution < -0.4 is 11.1 Å². The third kappa shape index (κ3) is 6.25. The molecule has 3 aromatic carbocycles. The molecule has 1 heterocycles. The second-order valence-electron chi connectivity index (χ2n) is 9.50. The fourth-order valence-corrected chi connectivity index (χ4v) is 6.07. The van der Waals surface area contributed by atoms with Crippen molar-refractivity contribution < 1.29 is 27.9 Å². The van der Waals surface area contributed by atoms with E-state index in [1.807, 2.05) is 18.2 Å². The van der Waals surface area contributed by atoms with Crippen LogP contribution in [0.15, 0.2) is 71.6 Å². The number of hydrogen-bond acceptors (Lipinski definition) is 7. The molecule has 10 nitrogen and oxygen atoms in total. The molecule has 2 atom stereocenters. The standard InChI is InChI=1S/C28H28N4O6S/c29-17-19-7-5-18(6-8-19)15-24(30)25(33)31-26(27(34)32-13-11-21(12-14-32)28(35)36)39(37,38)23-10-9-20-3-1-2-4-22(20)16-23/h1-10,16,21,24,26H,11-15,30H2,(H,31,33)(H,35,36)/t24-,26?/m0/s1. The van der Waals surface area contributed by atoms with Crippen LogP contribution in [0.1, 0.15) is 24.0 Å². The minimum Gasteiger partial charge on any atom is -0.481 e. The Morgan fingerprint density at radius 2 is 1.67 bits per heavy atom. The molecule has 0 bridgehead atoms. The van der Waals surface area contributed by atoms with Crippen molar-refractivity contribution in [3.8, 4) is 6.07 Å². The molecular formula is C28H28N4O6S. The van der Waals surface area contributed by atoms with Gasteiger partial charge in [-0.3, -0.25) is 14.4 Å². The molecule has 0 aromatic heterocycles. The number of piperidine rings is 1. The number of nitrogens with one attached hydrogen (secondary N) is 1. The topological polar surface area (TPSA) is 171 Å². The maximum atomic E-state index is 13.8. The van der Waals surface area contributed by atoms with E-state index < -0.39 is 45.0 Å². The fraction of sp³-hybridized carbons (Fsp3) is 0.286. The number of carboxylic acids is 1. The van der Waals surface area contributed by atoms with Gasteiger partial charge in [0.2, 0.25) is 21.1 Å². The van der Waals surface area contributed by atoms with Gasteiger partial charge in [-0.1, -0.05) is 42.5 Å². The van der Waals surface area contributed by atoms with Crippen molar-refractivity contribution in [2.75, 3.05) is 13.1 Å². The number of rotatable bonds is 8. The van der Waals surface area contributed by atoms with E-state index in [0.717, 1.165) is 5.39 Å². The van der Waals surface area contributed by atoms with Crippen molar-refractivity contribution >= 4 is 38.4 Å². The predicted octanol–water partition coefficient (Wildman–Crippen LogP) is 1.82. The maximum absolute atomic E-state index is 13.8. The zero-order valence-electron chi connectivity index (χ0n) is 21.0. The van der Waals surface area contributed by atoms with Crippen molar-refractivity contribution in [1.82, 2.24) is 10.2 Å². The van der Waals surface area contributed by atoms with Gasteiger partial charge in [0.05, 0.1) is 28.5 Å². The minimum absolute atomic E-state index is 0.0483. The Labute approximate surface area is 225 Å². The average Bonchev–Trinajstić information content (AvgIpc) is 2.95. The van der Waals surface area contributed by atoms with E-state index in [1.54, 1.807) is 42.5 Å². The first kappa shape index (κ1) is 27.8. The van der Waals surface area contributed by atoms with Crippen molar-refractivity contribution in [2.45, 2.75) is 35.6 Å². The Morgan fingerprint density at radius 3 is 2.28 bits per heavy atom. The number of sulfone groups is 1. The molecule has 0 aliphatic carbocycles. The van der Waals surface area contributed by atoms with Gasteiger partial charge in [-0.15, -0.1) is 0 Å². The highest BCUT2D eigenvalue weighted by Gasteiger charge is 2.40. The number of hydrogen-bond donors (Lipinski definition) is 3. The number of fused-ring (bicyclic) bond motifs is 1. The number of amides is 2. The second kappa shape index (κ2) is 11.6. The molecular weight excluding hydrogens is 520 g/mol. The monoisotopic (exact) mass is 548 g/mol. The van der Waals surface area contributed by atoms with Gasteiger partial charge in [0.25, 0.3) is 5.91 Å². The summed E-state index contributed by atoms with van der Waals surface area (Å²) < 4.78 is 27.6. The van der Waals surface area contributed by atoms with Crippen LogP contribution in [-0.2, 0) is 30.6 Å². The van der Waals surface area contributed by atoms with Gasteiger partial charge in [-0.05, 0) is 59.9 Å². The quantitative estimate of drug-likeness (QED) is 0.383. The smallest absolute Gasteiger partial charge is 0.306 e. The zero-order chi connectivity index (χ0) is 28.2. The summed E-state index contributed by atoms with van der Waals surface area (Å²) in [6.45, 7) is 0.0966. The van der Waals surface area contributed by atoms with Crippen LogP contribution in [0, 0.1) is 17.2 Å². The van der Waals surface area contributed by atoms with Crippen molar-refractivity contribution in [3.63, 3.8) is 0 Å². The van der Waals surface area contributed by atoms with Gasteiger partial charge in [0.15, 0.2) is 0 Å². The molecule has 1 saturated heterocycles. The minimum atomic E-state index is -4.41. The van der Waals surface area contributed by atoms with Crippen molar-refractivity contribution in [3.05, 3.63) is 77.9 Å². The highest BCUT2D eigenvalue weighted by atomic mass is 32.2. The Bertz CT molecular complexity index is 1540. The van der Waals surface area contributed by atoms with E-state index in [2.05, 4.69) is 5.32 Å². The highest BCUT2D eigenvalue weighted by Crippen LogP contribution is 2.24. The van der Waals surface area contributed by atoms with Gasteiger partial charge in [-0.2, -0.15) is 5.26 Å². The summed E-state index contributed by atoms with van der Waals surface area (Å²) in [6, 6.07) is 18.9. The molecule has 11 heteroatoms. The lowest BCUT2D eigenvalue weighted by molar-refractivity contribution is -0.145. The first-order chi connectivity index (χ1) is 18.6. The molecule has 3 aromatic rings. The highest BCUT2D eigenvalue weighted by molar-refractivity contribution is 7.92. The lowest BCUT2D eigenvalue weighted by atomic mass is 9.97. The summed E-state index contributed by atoms with van der Waals surface area (Å²) in [5.41, 5.74) is 7.19. The van der Waals surface area contributed by atoms with Crippen LogP contribution in [-0.4, -0.2) is 60.7 Å². The Morgan fingerprint density at radius 1 is 1.03 bits per heavy atom. The number of nitrogens with two attached hydrogens (primary N) is 1. The van der Waals surface area contributed by atoms with Gasteiger partial charge in [0.1, 0.15) is 0 Å². The van der Waals surface area contributed by atoms with Crippen LogP contribution in [0.3, 0.4) is 0 Å². The number of nitriles is 1. The molecule has 1 aliphatic heterocycles. The van der Waals surface area contributed by atoms with Crippen molar-refractivity contribution in [1.29, 1.82) is 5.26 Å². The molecule has 4 rings (SSSR count). The third-order valence-corrected chi connectivity index (χ3v) is 8.74. The van der Waals surface area contributed by atoms with Crippen LogP contribution >= 0.6 is 0 Å². The van der Waals surface area contributed by atoms with Crippen molar-refractivity contribution in [2.24, 2.45) is 11.7 Å². The van der Waals surface area contributed by atoms with Gasteiger partial charge >= 0.3 is 5.97 Å². The zero-order valence-corrected chi connectivity index (χ0v) is 21.8. The molecule has 1 unspecified atom stereocenters. The summed E-state index contributed by atoms with van der Waals surface area (Å²) in [6.07, 6.45) is 0.407. The molecule has 39 heavy (non-hydrogen) atoms. The van der Waals surface area contributed by atoms with Gasteiger partial charge in [-0.25, -0.2) is 8.42 Å². The average molecular weight is 549 g/mol. The van der Waals surface area contributed by atoms with Gasteiger partial charge < -0.3 is 21.1 Å². The fourth-order valence-electron chi connectivity index (χ4n) is 4.56. The van der Waals surface area contributed by atoms with Crippen LogP contribution in [0.5, 0.6) is 0 Å². The van der Waals surface area contributed by atoms with Crippen LogP contribution in [0.25, 0.3) is 10.8 Å². The van der Waals surface area contributed by atoms with Gasteiger partial charge in [0, 0.05) is 13.1 Å². The molecule has 0 radical (unpaired) electrons. The molecule has 202 valence electrons. The second-order valence-corrected chi connectivity index (χ2v) is 11.5. The Balaban J connectivity index is 1.61. The van der Waals surface area contributed by atoms with E-state index in [4.69, 9.17) is 11.0 Å². The number of nitrogens with zero attached hydrogens (tertiary/aromatic N) is 2. The lowest BCUT2D eigenvalue weighted by Crippen LogP contribution is -2.57. The Hall–Kier alpha value is -4.27. The first-order valence-electron chi connectivity index (χ1n) is 12.4. The molecule has 4 N–H and O–H groups in total. The summed E-state index contributed by atoms with van der Waals surface area (Å²) >= 11 is 0. The predicted molar refractivity (Wildman–Crippen MR) is 143 cm³/mol. The normalized spacial score (nSPS) is 15.7.